The van der Waals surface area contributed by atoms with Gasteiger partial charge in [-0.2, -0.15) is 4.57 Å². The average molecular weight is 324 g/mol. The van der Waals surface area contributed by atoms with Crippen LogP contribution in [0.1, 0.15) is 60.2 Å². The number of aromatic nitrogens is 1. The Morgan fingerprint density at radius 1 is 1.04 bits per heavy atom. The quantitative estimate of drug-likeness (QED) is 0.630. The first-order chi connectivity index (χ1) is 11.6. The monoisotopic (exact) mass is 324 g/mol. The zero-order chi connectivity index (χ0) is 16.9. The van der Waals surface area contributed by atoms with Crippen LogP contribution in [0.3, 0.4) is 0 Å². The van der Waals surface area contributed by atoms with E-state index in [2.05, 4.69) is 68.8 Å². The first kappa shape index (κ1) is 15.8. The van der Waals surface area contributed by atoms with Crippen molar-refractivity contribution >= 4 is 0 Å². The van der Waals surface area contributed by atoms with Crippen LogP contribution in [-0.2, 0) is 9.47 Å². The van der Waals surface area contributed by atoms with E-state index in [1.54, 1.807) is 0 Å². The summed E-state index contributed by atoms with van der Waals surface area (Å²) in [6, 6.07) is 11.5. The maximum absolute atomic E-state index is 6.29. The second kappa shape index (κ2) is 5.68. The van der Waals surface area contributed by atoms with Crippen molar-refractivity contribution in [2.45, 2.75) is 51.9 Å². The molecule has 0 saturated heterocycles. The standard InChI is InChI=1S/C21H26NO2/c1-5-23-21(24-6-2)13-19-16-11-14(3)15(4)12-17(16)20(21)18-9-7-8-10-22(18)19/h7-12,19-20H,5-6,13H2,1-4H3/q+1. The summed E-state index contributed by atoms with van der Waals surface area (Å²) >= 11 is 0. The van der Waals surface area contributed by atoms with Crippen molar-refractivity contribution < 1.29 is 14.0 Å². The van der Waals surface area contributed by atoms with Crippen LogP contribution in [0.2, 0.25) is 0 Å². The van der Waals surface area contributed by atoms with Crippen molar-refractivity contribution in [1.82, 2.24) is 0 Å². The highest BCUT2D eigenvalue weighted by Crippen LogP contribution is 2.53. The van der Waals surface area contributed by atoms with Gasteiger partial charge in [-0.3, -0.25) is 0 Å². The van der Waals surface area contributed by atoms with Gasteiger partial charge < -0.3 is 9.47 Å². The summed E-state index contributed by atoms with van der Waals surface area (Å²) in [7, 11) is 0. The van der Waals surface area contributed by atoms with Crippen LogP contribution in [0.15, 0.2) is 36.5 Å². The van der Waals surface area contributed by atoms with Gasteiger partial charge in [0, 0.05) is 30.9 Å². The van der Waals surface area contributed by atoms with Crippen molar-refractivity contribution in [2.24, 2.45) is 0 Å². The second-order valence-corrected chi connectivity index (χ2v) is 6.93. The van der Waals surface area contributed by atoms with Crippen LogP contribution in [0.5, 0.6) is 0 Å². The first-order valence-electron chi connectivity index (χ1n) is 9.00. The minimum absolute atomic E-state index is 0.123. The summed E-state index contributed by atoms with van der Waals surface area (Å²) in [6.07, 6.45) is 3.07. The lowest BCUT2D eigenvalue weighted by molar-refractivity contribution is -0.738. The lowest BCUT2D eigenvalue weighted by Gasteiger charge is -2.48. The number of hydrogen-bond acceptors (Lipinski definition) is 2. The summed E-state index contributed by atoms with van der Waals surface area (Å²) in [4.78, 5) is 0. The number of aryl methyl sites for hydroxylation is 2. The van der Waals surface area contributed by atoms with Gasteiger partial charge in [0.2, 0.25) is 0 Å². The molecule has 24 heavy (non-hydrogen) atoms. The zero-order valence-corrected chi connectivity index (χ0v) is 15.0. The van der Waals surface area contributed by atoms with Crippen LogP contribution in [0, 0.1) is 13.8 Å². The van der Waals surface area contributed by atoms with E-state index in [9.17, 15) is 0 Å². The summed E-state index contributed by atoms with van der Waals surface area (Å²) in [5.74, 6) is -0.428. The van der Waals surface area contributed by atoms with Gasteiger partial charge in [0.25, 0.3) is 0 Å². The minimum atomic E-state index is -0.551. The third-order valence-corrected chi connectivity index (χ3v) is 5.62. The van der Waals surface area contributed by atoms with Crippen LogP contribution in [-0.4, -0.2) is 19.0 Å². The molecule has 2 unspecified atom stereocenters. The molecule has 0 N–H and O–H groups in total. The van der Waals surface area contributed by atoms with Gasteiger partial charge >= 0.3 is 0 Å². The lowest BCUT2D eigenvalue weighted by Crippen LogP contribution is -2.62. The highest BCUT2D eigenvalue weighted by molar-refractivity contribution is 5.47. The molecule has 3 nitrogen and oxygen atoms in total. The normalized spacial score (nSPS) is 23.0. The van der Waals surface area contributed by atoms with Gasteiger partial charge in [-0.15, -0.1) is 0 Å². The topological polar surface area (TPSA) is 22.3 Å². The average Bonchev–Trinajstić information content (AvgIpc) is 2.57. The van der Waals surface area contributed by atoms with Crippen molar-refractivity contribution in [3.63, 3.8) is 0 Å². The van der Waals surface area contributed by atoms with Crippen molar-refractivity contribution in [2.75, 3.05) is 13.2 Å². The minimum Gasteiger partial charge on any atom is -0.349 e. The second-order valence-electron chi connectivity index (χ2n) is 6.93. The Kier molecular flexibility index (Phi) is 3.74. The molecule has 1 aromatic carbocycles. The van der Waals surface area contributed by atoms with E-state index in [-0.39, 0.29) is 12.0 Å². The maximum atomic E-state index is 6.29. The molecule has 5 rings (SSSR count). The molecule has 2 aromatic rings. The number of pyridine rings is 1. The number of rotatable bonds is 4. The molecular formula is C21H26NO2+. The van der Waals surface area contributed by atoms with Gasteiger partial charge in [-0.25, -0.2) is 0 Å². The predicted octanol–water partition coefficient (Wildman–Crippen LogP) is 3.80. The molecule has 1 aromatic heterocycles. The molecule has 3 heterocycles. The van der Waals surface area contributed by atoms with Crippen LogP contribution in [0.25, 0.3) is 0 Å². The van der Waals surface area contributed by atoms with Gasteiger partial charge in [-0.05, 0) is 50.5 Å². The van der Waals surface area contributed by atoms with Gasteiger partial charge in [0.05, 0.1) is 6.42 Å². The summed E-state index contributed by atoms with van der Waals surface area (Å²) in [5, 5.41) is 0. The third-order valence-electron chi connectivity index (χ3n) is 5.62. The molecule has 3 aliphatic rings. The number of hydrogen-bond donors (Lipinski definition) is 0. The van der Waals surface area contributed by atoms with Gasteiger partial charge in [-0.1, -0.05) is 12.1 Å². The fourth-order valence-corrected chi connectivity index (χ4v) is 4.58. The first-order valence-corrected chi connectivity index (χ1v) is 9.00. The number of nitrogens with zero attached hydrogens (tertiary/aromatic N) is 1. The summed E-state index contributed by atoms with van der Waals surface area (Å²) in [5.41, 5.74) is 6.80. The van der Waals surface area contributed by atoms with E-state index in [4.69, 9.17) is 9.47 Å². The summed E-state index contributed by atoms with van der Waals surface area (Å²) < 4.78 is 15.0. The smallest absolute Gasteiger partial charge is 0.194 e. The fraction of sp³-hybridized carbons (Fsp3) is 0.476. The Morgan fingerprint density at radius 2 is 1.71 bits per heavy atom. The van der Waals surface area contributed by atoms with Crippen molar-refractivity contribution in [3.05, 3.63) is 64.5 Å². The Labute approximate surface area is 144 Å². The molecule has 0 radical (unpaired) electrons. The number of benzene rings is 1. The molecule has 0 spiro atoms. The van der Waals surface area contributed by atoms with E-state index in [1.165, 1.54) is 27.9 Å². The molecule has 1 aliphatic carbocycles. The van der Waals surface area contributed by atoms with Gasteiger partial charge in [0.15, 0.2) is 23.7 Å². The molecule has 3 heteroatoms. The van der Waals surface area contributed by atoms with Crippen molar-refractivity contribution in [1.29, 1.82) is 0 Å². The Balaban J connectivity index is 1.98. The van der Waals surface area contributed by atoms with E-state index in [0.29, 0.717) is 13.2 Å². The molecule has 126 valence electrons. The molecule has 0 saturated carbocycles. The predicted molar refractivity (Wildman–Crippen MR) is 93.1 cm³/mol. The Bertz CT molecular complexity index is 777. The van der Waals surface area contributed by atoms with Crippen LogP contribution < -0.4 is 4.57 Å². The Hall–Kier alpha value is -1.71. The lowest BCUT2D eigenvalue weighted by atomic mass is 9.69. The highest BCUT2D eigenvalue weighted by atomic mass is 16.7. The Morgan fingerprint density at radius 3 is 2.38 bits per heavy atom. The van der Waals surface area contributed by atoms with E-state index in [0.717, 1.165) is 6.42 Å². The number of fused-ring (bicyclic) bond motifs is 1. The van der Waals surface area contributed by atoms with Crippen molar-refractivity contribution in [3.8, 4) is 0 Å². The van der Waals surface area contributed by atoms with E-state index in [1.807, 2.05) is 0 Å². The maximum Gasteiger partial charge on any atom is 0.194 e. The zero-order valence-electron chi connectivity index (χ0n) is 15.0. The molecule has 0 fully saturated rings. The molecule has 2 atom stereocenters. The third kappa shape index (κ3) is 2.08. The fourth-order valence-electron chi connectivity index (χ4n) is 4.58. The molecular weight excluding hydrogens is 298 g/mol. The SMILES string of the molecule is CCOC1(OCC)CC2c3cc(C)c(C)cc3C1c1cccc[n+]12. The largest absolute Gasteiger partial charge is 0.349 e. The van der Waals surface area contributed by atoms with Gasteiger partial charge in [0.1, 0.15) is 5.92 Å². The highest BCUT2D eigenvalue weighted by Gasteiger charge is 2.59. The molecule has 2 aliphatic heterocycles. The molecule has 0 amide bonds. The van der Waals surface area contributed by atoms with E-state index < -0.39 is 5.79 Å². The van der Waals surface area contributed by atoms with Crippen LogP contribution >= 0.6 is 0 Å². The van der Waals surface area contributed by atoms with Crippen LogP contribution in [0.4, 0.5) is 0 Å². The number of ether oxygens (including phenoxy) is 2. The molecule has 2 bridgehead atoms. The van der Waals surface area contributed by atoms with E-state index >= 15 is 0 Å². The summed E-state index contributed by atoms with van der Waals surface area (Å²) in [6.45, 7) is 9.84.